The lowest BCUT2D eigenvalue weighted by Gasteiger charge is -2.39. The van der Waals surface area contributed by atoms with Crippen molar-refractivity contribution >= 4 is 46.3 Å². The molecule has 0 amide bonds. The number of carbonyl (C=O) groups is 2. The van der Waals surface area contributed by atoms with Crippen LogP contribution in [0.15, 0.2) is 28.6 Å². The van der Waals surface area contributed by atoms with Crippen LogP contribution in [0.25, 0.3) is 0 Å². The number of rotatable bonds is 3. The summed E-state index contributed by atoms with van der Waals surface area (Å²) in [6.07, 6.45) is 1.16. The highest BCUT2D eigenvalue weighted by Crippen LogP contribution is 2.50. The first-order valence-electron chi connectivity index (χ1n) is 8.50. The number of carbonyl (C=O) groups excluding carboxylic acids is 2. The Morgan fingerprint density at radius 2 is 2.08 bits per heavy atom. The number of thiophene rings is 1. The Kier molecular flexibility index (Phi) is 5.26. The van der Waals surface area contributed by atoms with Gasteiger partial charge in [0.1, 0.15) is 0 Å². The van der Waals surface area contributed by atoms with Gasteiger partial charge < -0.3 is 10.1 Å². The molecule has 3 rings (SSSR count). The third kappa shape index (κ3) is 3.45. The molecule has 0 radical (unpaired) electrons. The minimum Gasteiger partial charge on any atom is -0.463 e. The molecule has 1 aliphatic heterocycles. The summed E-state index contributed by atoms with van der Waals surface area (Å²) in [5.74, 6) is -0.949. The van der Waals surface area contributed by atoms with Crippen LogP contribution in [0.4, 0.5) is 0 Å². The van der Waals surface area contributed by atoms with E-state index in [1.165, 1.54) is 11.3 Å². The fourth-order valence-electron chi connectivity index (χ4n) is 3.73. The summed E-state index contributed by atoms with van der Waals surface area (Å²) < 4.78 is 5.79. The molecule has 0 spiro atoms. The average molecular weight is 414 g/mol. The van der Waals surface area contributed by atoms with Gasteiger partial charge in [-0.15, -0.1) is 11.3 Å². The molecule has 1 aromatic rings. The molecule has 1 atom stereocenters. The van der Waals surface area contributed by atoms with Crippen LogP contribution in [-0.2, 0) is 14.3 Å². The maximum absolute atomic E-state index is 13.0. The number of halogens is 2. The molecule has 0 saturated carbocycles. The van der Waals surface area contributed by atoms with Crippen molar-refractivity contribution < 1.29 is 14.3 Å². The molecule has 26 heavy (non-hydrogen) atoms. The van der Waals surface area contributed by atoms with Gasteiger partial charge in [0.2, 0.25) is 0 Å². The van der Waals surface area contributed by atoms with Crippen LogP contribution in [-0.4, -0.2) is 18.4 Å². The second-order valence-corrected chi connectivity index (χ2v) is 9.54. The van der Waals surface area contributed by atoms with Gasteiger partial charge in [-0.05, 0) is 31.7 Å². The first-order valence-corrected chi connectivity index (χ1v) is 10.1. The number of ketones is 1. The van der Waals surface area contributed by atoms with Crippen molar-refractivity contribution in [3.8, 4) is 0 Å². The van der Waals surface area contributed by atoms with E-state index in [0.29, 0.717) is 37.5 Å². The van der Waals surface area contributed by atoms with Crippen LogP contribution in [0, 0.1) is 5.41 Å². The van der Waals surface area contributed by atoms with Crippen LogP contribution in [0.3, 0.4) is 0 Å². The molecular weight excluding hydrogens is 393 g/mol. The Bertz CT molecular complexity index is 851. The van der Waals surface area contributed by atoms with Crippen molar-refractivity contribution in [3.63, 3.8) is 0 Å². The number of hydrogen-bond donors (Lipinski definition) is 1. The minimum atomic E-state index is -0.543. The number of allylic oxidation sites excluding steroid dienone is 3. The summed E-state index contributed by atoms with van der Waals surface area (Å²) >= 11 is 13.9. The quantitative estimate of drug-likeness (QED) is 0.689. The maximum Gasteiger partial charge on any atom is 0.336 e. The standard InChI is InChI=1S/C19H21Cl2NO3S/c1-5-25-18(24)14-9(2)22-11-7-19(3,4)8-12(23)15(11)16(14)17-10(20)6-13(21)26-17/h6,16,22H,5,7-8H2,1-4H3/t16-/m1/s1. The Hall–Kier alpha value is -1.30. The molecule has 2 heterocycles. The van der Waals surface area contributed by atoms with Crippen molar-refractivity contribution in [1.29, 1.82) is 0 Å². The molecule has 0 saturated heterocycles. The van der Waals surface area contributed by atoms with Gasteiger partial charge in [-0.25, -0.2) is 4.79 Å². The van der Waals surface area contributed by atoms with Crippen molar-refractivity contribution in [2.24, 2.45) is 5.41 Å². The normalized spacial score (nSPS) is 22.2. The summed E-state index contributed by atoms with van der Waals surface area (Å²) in [5.41, 5.74) is 2.46. The SMILES string of the molecule is CCOC(=O)C1=C(C)NC2=C(C(=O)CC(C)(C)C2)[C@@H]1c1sc(Cl)cc1Cl. The number of hydrogen-bond acceptors (Lipinski definition) is 5. The van der Waals surface area contributed by atoms with Gasteiger partial charge in [-0.3, -0.25) is 4.79 Å². The second-order valence-electron chi connectivity index (χ2n) is 7.41. The fraction of sp³-hybridized carbons (Fsp3) is 0.474. The average Bonchev–Trinajstić information content (AvgIpc) is 2.82. The molecule has 1 aromatic heterocycles. The number of nitrogens with one attached hydrogen (secondary N) is 1. The Morgan fingerprint density at radius 1 is 1.38 bits per heavy atom. The molecule has 0 aromatic carbocycles. The number of esters is 1. The third-order valence-corrected chi connectivity index (χ3v) is 6.43. The van der Waals surface area contributed by atoms with Gasteiger partial charge in [-0.2, -0.15) is 0 Å². The predicted octanol–water partition coefficient (Wildman–Crippen LogP) is 5.22. The van der Waals surface area contributed by atoms with Crippen molar-refractivity contribution in [2.75, 3.05) is 6.61 Å². The first kappa shape index (κ1) is 19.5. The smallest absolute Gasteiger partial charge is 0.336 e. The van der Waals surface area contributed by atoms with E-state index < -0.39 is 11.9 Å². The largest absolute Gasteiger partial charge is 0.463 e. The third-order valence-electron chi connectivity index (χ3n) is 4.68. The summed E-state index contributed by atoms with van der Waals surface area (Å²) in [4.78, 5) is 26.4. The van der Waals surface area contributed by atoms with Crippen molar-refractivity contribution in [3.05, 3.63) is 42.8 Å². The highest BCUT2D eigenvalue weighted by atomic mass is 35.5. The Labute approximate surface area is 167 Å². The maximum atomic E-state index is 13.0. The zero-order valence-corrected chi connectivity index (χ0v) is 17.5. The molecule has 0 bridgehead atoms. The summed E-state index contributed by atoms with van der Waals surface area (Å²) in [6, 6.07) is 1.65. The fourth-order valence-corrected chi connectivity index (χ4v) is 5.44. The minimum absolute atomic E-state index is 0.0311. The summed E-state index contributed by atoms with van der Waals surface area (Å²) in [5, 5.41) is 3.75. The van der Waals surface area contributed by atoms with Crippen LogP contribution >= 0.6 is 34.5 Å². The Balaban J connectivity index is 2.20. The van der Waals surface area contributed by atoms with E-state index in [2.05, 4.69) is 19.2 Å². The monoisotopic (exact) mass is 413 g/mol. The molecule has 2 aliphatic rings. The number of ether oxygens (including phenoxy) is 1. The van der Waals surface area contributed by atoms with Crippen LogP contribution in [0.5, 0.6) is 0 Å². The molecule has 1 N–H and O–H groups in total. The van der Waals surface area contributed by atoms with Gasteiger partial charge in [-0.1, -0.05) is 37.0 Å². The number of Topliss-reactive ketones (excluding diaryl/α,β-unsaturated/α-hetero) is 1. The molecule has 4 nitrogen and oxygen atoms in total. The molecule has 7 heteroatoms. The lowest BCUT2D eigenvalue weighted by molar-refractivity contribution is -0.138. The lowest BCUT2D eigenvalue weighted by atomic mass is 9.70. The van der Waals surface area contributed by atoms with Crippen LogP contribution in [0.1, 0.15) is 51.3 Å². The van der Waals surface area contributed by atoms with E-state index in [1.807, 2.05) is 6.92 Å². The van der Waals surface area contributed by atoms with E-state index in [-0.39, 0.29) is 17.8 Å². The Morgan fingerprint density at radius 3 is 2.65 bits per heavy atom. The van der Waals surface area contributed by atoms with Crippen molar-refractivity contribution in [1.82, 2.24) is 5.32 Å². The molecule has 140 valence electrons. The zero-order valence-electron chi connectivity index (χ0n) is 15.2. The van der Waals surface area contributed by atoms with E-state index >= 15 is 0 Å². The van der Waals surface area contributed by atoms with Gasteiger partial charge >= 0.3 is 5.97 Å². The summed E-state index contributed by atoms with van der Waals surface area (Å²) in [7, 11) is 0. The molecule has 1 aliphatic carbocycles. The van der Waals surface area contributed by atoms with Crippen LogP contribution < -0.4 is 5.32 Å². The van der Waals surface area contributed by atoms with Gasteiger partial charge in [0.25, 0.3) is 0 Å². The summed E-state index contributed by atoms with van der Waals surface area (Å²) in [6.45, 7) is 7.99. The van der Waals surface area contributed by atoms with Gasteiger partial charge in [0, 0.05) is 28.3 Å². The van der Waals surface area contributed by atoms with Crippen LogP contribution in [0.2, 0.25) is 9.36 Å². The van der Waals surface area contributed by atoms with Gasteiger partial charge in [0.15, 0.2) is 5.78 Å². The van der Waals surface area contributed by atoms with E-state index in [4.69, 9.17) is 27.9 Å². The first-order chi connectivity index (χ1) is 12.1. The number of dihydropyridines is 1. The van der Waals surface area contributed by atoms with Crippen molar-refractivity contribution in [2.45, 2.75) is 46.5 Å². The lowest BCUT2D eigenvalue weighted by Crippen LogP contribution is -2.38. The highest BCUT2D eigenvalue weighted by molar-refractivity contribution is 7.17. The molecule has 0 unspecified atom stereocenters. The van der Waals surface area contributed by atoms with E-state index in [1.54, 1.807) is 13.0 Å². The highest BCUT2D eigenvalue weighted by Gasteiger charge is 2.44. The molecular formula is C19H21Cl2NO3S. The zero-order chi connectivity index (χ0) is 19.2. The van der Waals surface area contributed by atoms with E-state index in [0.717, 1.165) is 12.1 Å². The predicted molar refractivity (Wildman–Crippen MR) is 105 cm³/mol. The topological polar surface area (TPSA) is 55.4 Å². The molecule has 0 fully saturated rings. The van der Waals surface area contributed by atoms with Gasteiger partial charge in [0.05, 0.1) is 27.5 Å². The van der Waals surface area contributed by atoms with E-state index in [9.17, 15) is 9.59 Å². The second kappa shape index (κ2) is 7.02.